The minimum atomic E-state index is 0.833. The Morgan fingerprint density at radius 3 is 2.26 bits per heavy atom. The molecule has 1 aliphatic carbocycles. The molecular weight excluding hydrogens is 232 g/mol. The van der Waals surface area contributed by atoms with Crippen LogP contribution < -0.4 is 5.32 Å². The first-order chi connectivity index (χ1) is 9.28. The van der Waals surface area contributed by atoms with E-state index in [1.54, 1.807) is 0 Å². The van der Waals surface area contributed by atoms with Crippen LogP contribution in [0.25, 0.3) is 0 Å². The van der Waals surface area contributed by atoms with Gasteiger partial charge in [0, 0.05) is 25.7 Å². The second kappa shape index (κ2) is 7.66. The van der Waals surface area contributed by atoms with Crippen LogP contribution in [-0.4, -0.2) is 37.6 Å². The first kappa shape index (κ1) is 14.5. The number of hydrogen-bond donors (Lipinski definition) is 1. The molecule has 19 heavy (non-hydrogen) atoms. The van der Waals surface area contributed by atoms with Crippen LogP contribution in [0.5, 0.6) is 0 Å². The summed E-state index contributed by atoms with van der Waals surface area (Å²) in [6.07, 6.45) is 6.36. The van der Waals surface area contributed by atoms with Gasteiger partial charge in [0.1, 0.15) is 0 Å². The lowest BCUT2D eigenvalue weighted by atomic mass is 10.1. The lowest BCUT2D eigenvalue weighted by molar-refractivity contribution is 0.335. The fourth-order valence-corrected chi connectivity index (χ4v) is 2.34. The SMILES string of the molecule is CCCc1ccc(CCN(C)CCNC2CC2)cc1. The number of likely N-dealkylation sites (N-methyl/N-ethyl adjacent to an activating group) is 1. The third kappa shape index (κ3) is 5.75. The minimum absolute atomic E-state index is 0.833. The highest BCUT2D eigenvalue weighted by atomic mass is 15.1. The summed E-state index contributed by atoms with van der Waals surface area (Å²) in [6, 6.07) is 9.99. The normalized spacial score (nSPS) is 15.1. The van der Waals surface area contributed by atoms with Crippen molar-refractivity contribution in [1.82, 2.24) is 10.2 Å². The number of hydrogen-bond acceptors (Lipinski definition) is 2. The maximum Gasteiger partial charge on any atom is 0.0104 e. The summed E-state index contributed by atoms with van der Waals surface area (Å²) in [6.45, 7) is 5.68. The molecule has 0 unspecified atom stereocenters. The average Bonchev–Trinajstić information content (AvgIpc) is 3.22. The number of benzene rings is 1. The summed E-state index contributed by atoms with van der Waals surface area (Å²) in [5.74, 6) is 0. The predicted octanol–water partition coefficient (Wildman–Crippen LogP) is 2.87. The molecule has 1 aliphatic rings. The molecule has 0 amide bonds. The quantitative estimate of drug-likeness (QED) is 0.734. The molecule has 1 fully saturated rings. The number of aryl methyl sites for hydroxylation is 1. The minimum Gasteiger partial charge on any atom is -0.313 e. The van der Waals surface area contributed by atoms with Crippen LogP contribution in [0.15, 0.2) is 24.3 Å². The van der Waals surface area contributed by atoms with Crippen molar-refractivity contribution in [2.45, 2.75) is 45.1 Å². The van der Waals surface area contributed by atoms with Gasteiger partial charge in [-0.05, 0) is 43.9 Å². The highest BCUT2D eigenvalue weighted by Gasteiger charge is 2.19. The molecule has 106 valence electrons. The summed E-state index contributed by atoms with van der Waals surface area (Å²) in [5.41, 5.74) is 2.93. The van der Waals surface area contributed by atoms with Crippen molar-refractivity contribution >= 4 is 0 Å². The molecule has 1 aromatic rings. The number of nitrogens with one attached hydrogen (secondary N) is 1. The zero-order valence-electron chi connectivity index (χ0n) is 12.5. The zero-order valence-corrected chi connectivity index (χ0v) is 12.5. The molecule has 2 nitrogen and oxygen atoms in total. The van der Waals surface area contributed by atoms with Crippen molar-refractivity contribution < 1.29 is 0 Å². The molecule has 1 N–H and O–H groups in total. The highest BCUT2D eigenvalue weighted by molar-refractivity contribution is 5.22. The van der Waals surface area contributed by atoms with Crippen molar-refractivity contribution in [2.75, 3.05) is 26.7 Å². The molecule has 0 heterocycles. The van der Waals surface area contributed by atoms with Gasteiger partial charge < -0.3 is 10.2 Å². The molecule has 0 spiro atoms. The lowest BCUT2D eigenvalue weighted by Crippen LogP contribution is -2.31. The van der Waals surface area contributed by atoms with Crippen LogP contribution in [0, 0.1) is 0 Å². The van der Waals surface area contributed by atoms with E-state index in [1.807, 2.05) is 0 Å². The highest BCUT2D eigenvalue weighted by Crippen LogP contribution is 2.17. The van der Waals surface area contributed by atoms with E-state index in [1.165, 1.54) is 36.8 Å². The van der Waals surface area contributed by atoms with Crippen molar-refractivity contribution in [3.8, 4) is 0 Å². The molecule has 0 atom stereocenters. The van der Waals surface area contributed by atoms with Crippen LogP contribution in [-0.2, 0) is 12.8 Å². The lowest BCUT2D eigenvalue weighted by Gasteiger charge is -2.17. The van der Waals surface area contributed by atoms with E-state index >= 15 is 0 Å². The van der Waals surface area contributed by atoms with Gasteiger partial charge in [-0.1, -0.05) is 37.6 Å². The van der Waals surface area contributed by atoms with Gasteiger partial charge in [0.15, 0.2) is 0 Å². The second-order valence-electron chi connectivity index (χ2n) is 5.85. The molecule has 0 bridgehead atoms. The van der Waals surface area contributed by atoms with Crippen molar-refractivity contribution in [3.63, 3.8) is 0 Å². The molecule has 2 rings (SSSR count). The van der Waals surface area contributed by atoms with E-state index in [-0.39, 0.29) is 0 Å². The van der Waals surface area contributed by atoms with Crippen LogP contribution in [0.2, 0.25) is 0 Å². The van der Waals surface area contributed by atoms with E-state index in [0.29, 0.717) is 0 Å². The van der Waals surface area contributed by atoms with E-state index in [9.17, 15) is 0 Å². The molecule has 2 heteroatoms. The third-order valence-corrected chi connectivity index (χ3v) is 3.85. The zero-order chi connectivity index (χ0) is 13.5. The first-order valence-electron chi connectivity index (χ1n) is 7.77. The Kier molecular flexibility index (Phi) is 5.87. The van der Waals surface area contributed by atoms with Gasteiger partial charge in [0.2, 0.25) is 0 Å². The maximum absolute atomic E-state index is 3.57. The van der Waals surface area contributed by atoms with E-state index in [0.717, 1.165) is 32.1 Å². The summed E-state index contributed by atoms with van der Waals surface area (Å²) in [7, 11) is 2.22. The van der Waals surface area contributed by atoms with Gasteiger partial charge in [0.05, 0.1) is 0 Å². The van der Waals surface area contributed by atoms with E-state index in [4.69, 9.17) is 0 Å². The molecular formula is C17H28N2. The monoisotopic (exact) mass is 260 g/mol. The summed E-state index contributed by atoms with van der Waals surface area (Å²) in [4.78, 5) is 2.43. The van der Waals surface area contributed by atoms with Crippen molar-refractivity contribution in [2.24, 2.45) is 0 Å². The molecule has 1 saturated carbocycles. The molecule has 0 saturated heterocycles. The summed E-state index contributed by atoms with van der Waals surface area (Å²) >= 11 is 0. The fraction of sp³-hybridized carbons (Fsp3) is 0.647. The van der Waals surface area contributed by atoms with E-state index in [2.05, 4.69) is 48.5 Å². The largest absolute Gasteiger partial charge is 0.313 e. The van der Waals surface area contributed by atoms with Crippen LogP contribution in [0.3, 0.4) is 0 Å². The van der Waals surface area contributed by atoms with Gasteiger partial charge >= 0.3 is 0 Å². The molecule has 0 aromatic heterocycles. The Morgan fingerprint density at radius 1 is 1.05 bits per heavy atom. The maximum atomic E-state index is 3.57. The van der Waals surface area contributed by atoms with Crippen molar-refractivity contribution in [1.29, 1.82) is 0 Å². The Hall–Kier alpha value is -0.860. The first-order valence-corrected chi connectivity index (χ1v) is 7.77. The second-order valence-corrected chi connectivity index (χ2v) is 5.85. The number of nitrogens with zero attached hydrogens (tertiary/aromatic N) is 1. The van der Waals surface area contributed by atoms with Gasteiger partial charge in [-0.2, -0.15) is 0 Å². The Bertz CT molecular complexity index is 354. The van der Waals surface area contributed by atoms with Gasteiger partial charge in [-0.25, -0.2) is 0 Å². The van der Waals surface area contributed by atoms with Crippen LogP contribution in [0.4, 0.5) is 0 Å². The predicted molar refractivity (Wildman–Crippen MR) is 82.7 cm³/mol. The Balaban J connectivity index is 1.62. The Morgan fingerprint density at radius 2 is 1.68 bits per heavy atom. The van der Waals surface area contributed by atoms with Crippen LogP contribution in [0.1, 0.15) is 37.3 Å². The molecule has 0 radical (unpaired) electrons. The van der Waals surface area contributed by atoms with Crippen LogP contribution >= 0.6 is 0 Å². The average molecular weight is 260 g/mol. The summed E-state index contributed by atoms with van der Waals surface area (Å²) in [5, 5.41) is 3.57. The van der Waals surface area contributed by atoms with Gasteiger partial charge in [-0.3, -0.25) is 0 Å². The number of rotatable bonds is 9. The Labute approximate surface area is 118 Å². The standard InChI is InChI=1S/C17H28N2/c1-3-4-15-5-7-16(8-6-15)11-13-19(2)14-12-18-17-9-10-17/h5-8,17-18H,3-4,9-14H2,1-2H3. The molecule has 1 aromatic carbocycles. The fourth-order valence-electron chi connectivity index (χ4n) is 2.34. The molecule has 0 aliphatic heterocycles. The smallest absolute Gasteiger partial charge is 0.0104 e. The third-order valence-electron chi connectivity index (χ3n) is 3.85. The van der Waals surface area contributed by atoms with Gasteiger partial charge in [-0.15, -0.1) is 0 Å². The summed E-state index contributed by atoms with van der Waals surface area (Å²) < 4.78 is 0. The van der Waals surface area contributed by atoms with Gasteiger partial charge in [0.25, 0.3) is 0 Å². The topological polar surface area (TPSA) is 15.3 Å². The van der Waals surface area contributed by atoms with E-state index < -0.39 is 0 Å². The van der Waals surface area contributed by atoms with Crippen molar-refractivity contribution in [3.05, 3.63) is 35.4 Å².